The van der Waals surface area contributed by atoms with Gasteiger partial charge in [0.2, 0.25) is 0 Å². The number of aryl methyl sites for hydroxylation is 1. The van der Waals surface area contributed by atoms with Gasteiger partial charge in [-0.3, -0.25) is 14.9 Å². The van der Waals surface area contributed by atoms with Crippen LogP contribution in [0.25, 0.3) is 0 Å². The summed E-state index contributed by atoms with van der Waals surface area (Å²) in [6.45, 7) is 1.62. The Morgan fingerprint density at radius 2 is 2.23 bits per heavy atom. The highest BCUT2D eigenvalue weighted by Crippen LogP contribution is 2.30. The fourth-order valence-electron chi connectivity index (χ4n) is 1.67. The summed E-state index contributed by atoms with van der Waals surface area (Å²) in [7, 11) is 0. The molecule has 1 heterocycles. The summed E-state index contributed by atoms with van der Waals surface area (Å²) >= 11 is 3.07. The molecule has 2 rings (SSSR count). The van der Waals surface area contributed by atoms with E-state index in [1.165, 1.54) is 18.4 Å². The van der Waals surface area contributed by atoms with E-state index >= 15 is 0 Å². The number of nitro groups is 1. The lowest BCUT2D eigenvalue weighted by atomic mass is 10.2. The van der Waals surface area contributed by atoms with Crippen molar-refractivity contribution >= 4 is 33.7 Å². The van der Waals surface area contributed by atoms with Gasteiger partial charge in [0, 0.05) is 10.5 Å². The molecule has 114 valence electrons. The zero-order chi connectivity index (χ0) is 16.3. The largest absolute Gasteiger partial charge is 0.867 e. The summed E-state index contributed by atoms with van der Waals surface area (Å²) in [6, 6.07) is 3.95. The molecular weight excluding hydrogens is 358 g/mol. The first-order valence-corrected chi connectivity index (χ1v) is 6.72. The molecule has 0 radical (unpaired) electrons. The Morgan fingerprint density at radius 3 is 2.82 bits per heavy atom. The first kappa shape index (κ1) is 15.7. The van der Waals surface area contributed by atoms with E-state index in [2.05, 4.69) is 26.5 Å². The second-order valence-electron chi connectivity index (χ2n) is 4.19. The van der Waals surface area contributed by atoms with Gasteiger partial charge in [0.05, 0.1) is 23.0 Å². The normalized spacial score (nSPS) is 10.8. The molecule has 1 amide bonds. The van der Waals surface area contributed by atoms with E-state index in [0.717, 1.165) is 12.3 Å². The van der Waals surface area contributed by atoms with Crippen LogP contribution in [0, 0.1) is 17.0 Å². The Hall–Kier alpha value is -2.68. The summed E-state index contributed by atoms with van der Waals surface area (Å²) in [6.07, 6.45) is 2.41. The number of halogens is 1. The van der Waals surface area contributed by atoms with E-state index < -0.39 is 22.3 Å². The lowest BCUT2D eigenvalue weighted by molar-refractivity contribution is -0.398. The fourth-order valence-corrected chi connectivity index (χ4v) is 2.14. The van der Waals surface area contributed by atoms with Crippen LogP contribution >= 0.6 is 15.9 Å². The van der Waals surface area contributed by atoms with Gasteiger partial charge in [-0.05, 0) is 30.4 Å². The summed E-state index contributed by atoms with van der Waals surface area (Å²) in [4.78, 5) is 21.7. The maximum absolute atomic E-state index is 11.8. The van der Waals surface area contributed by atoms with Gasteiger partial charge >= 0.3 is 0 Å². The second-order valence-corrected chi connectivity index (χ2v) is 5.11. The number of nitrogens with zero attached hydrogens (tertiary/aromatic N) is 2. The van der Waals surface area contributed by atoms with E-state index in [0.29, 0.717) is 15.8 Å². The van der Waals surface area contributed by atoms with Crippen molar-refractivity contribution in [1.29, 1.82) is 0 Å². The van der Waals surface area contributed by atoms with E-state index in [9.17, 15) is 20.0 Å². The summed E-state index contributed by atoms with van der Waals surface area (Å²) in [5, 5.41) is 26.2. The number of benzene rings is 1. The zero-order valence-electron chi connectivity index (χ0n) is 11.2. The van der Waals surface area contributed by atoms with Crippen LogP contribution in [0.2, 0.25) is 0 Å². The van der Waals surface area contributed by atoms with E-state index in [4.69, 9.17) is 4.42 Å². The molecule has 0 saturated carbocycles. The predicted octanol–water partition coefficient (Wildman–Crippen LogP) is 2.10. The SMILES string of the molecule is Cc1occc1C(=O)N/N=C\c1cc(Br)cc([N+](=O)[O-])c1[O-]. The van der Waals surface area contributed by atoms with Crippen LogP contribution in [0.3, 0.4) is 0 Å². The Kier molecular flexibility index (Phi) is 4.56. The molecule has 0 bridgehead atoms. The van der Waals surface area contributed by atoms with Gasteiger partial charge in [0.15, 0.2) is 0 Å². The van der Waals surface area contributed by atoms with Crippen LogP contribution in [-0.4, -0.2) is 17.0 Å². The monoisotopic (exact) mass is 366 g/mol. The molecule has 8 nitrogen and oxygen atoms in total. The topological polar surface area (TPSA) is 121 Å². The van der Waals surface area contributed by atoms with Crippen molar-refractivity contribution in [1.82, 2.24) is 5.43 Å². The lowest BCUT2D eigenvalue weighted by Crippen LogP contribution is -2.18. The van der Waals surface area contributed by atoms with Gasteiger partial charge in [-0.2, -0.15) is 5.10 Å². The molecule has 0 spiro atoms. The molecule has 0 aliphatic carbocycles. The van der Waals surface area contributed by atoms with Crippen LogP contribution < -0.4 is 10.5 Å². The molecule has 1 N–H and O–H groups in total. The number of amides is 1. The maximum Gasteiger partial charge on any atom is 0.274 e. The fraction of sp³-hybridized carbons (Fsp3) is 0.0769. The van der Waals surface area contributed by atoms with Crippen molar-refractivity contribution < 1.29 is 19.2 Å². The molecule has 0 unspecified atom stereocenters. The highest BCUT2D eigenvalue weighted by molar-refractivity contribution is 9.10. The minimum atomic E-state index is -0.786. The highest BCUT2D eigenvalue weighted by atomic mass is 79.9. The number of carbonyl (C=O) groups excluding carboxylic acids is 1. The first-order valence-electron chi connectivity index (χ1n) is 5.92. The quantitative estimate of drug-likeness (QED) is 0.504. The van der Waals surface area contributed by atoms with Crippen molar-refractivity contribution in [3.63, 3.8) is 0 Å². The standard InChI is InChI=1S/C13H10BrN3O5/c1-7-10(2-3-22-7)13(19)16-15-6-8-4-9(14)5-11(12(8)18)17(20)21/h2-6,18H,1H3,(H,16,19)/p-1/b15-6-. The third kappa shape index (κ3) is 3.31. The third-order valence-corrected chi connectivity index (χ3v) is 3.19. The molecule has 0 aliphatic heterocycles. The van der Waals surface area contributed by atoms with Gasteiger partial charge in [-0.25, -0.2) is 5.43 Å². The lowest BCUT2D eigenvalue weighted by Gasteiger charge is -2.10. The maximum atomic E-state index is 11.8. The molecule has 1 aromatic heterocycles. The van der Waals surface area contributed by atoms with Gasteiger partial charge in [-0.15, -0.1) is 0 Å². The molecular formula is C13H9BrN3O5-. The number of nitrogens with one attached hydrogen (secondary N) is 1. The summed E-state index contributed by atoms with van der Waals surface area (Å²) in [5.41, 5.74) is 1.92. The molecule has 0 aliphatic rings. The minimum absolute atomic E-state index is 0.0229. The van der Waals surface area contributed by atoms with Crippen molar-refractivity contribution in [2.75, 3.05) is 0 Å². The Morgan fingerprint density at radius 1 is 1.50 bits per heavy atom. The van der Waals surface area contributed by atoms with Gasteiger partial charge in [0.25, 0.3) is 11.6 Å². The van der Waals surface area contributed by atoms with Gasteiger partial charge in [0.1, 0.15) is 5.76 Å². The Labute approximate surface area is 132 Å². The summed E-state index contributed by atoms with van der Waals surface area (Å²) < 4.78 is 5.34. The van der Waals surface area contributed by atoms with Gasteiger partial charge in [-0.1, -0.05) is 15.9 Å². The number of rotatable bonds is 4. The van der Waals surface area contributed by atoms with Crippen LogP contribution in [-0.2, 0) is 0 Å². The van der Waals surface area contributed by atoms with Crippen LogP contribution in [0.1, 0.15) is 21.7 Å². The minimum Gasteiger partial charge on any atom is -0.867 e. The number of hydrogen-bond donors (Lipinski definition) is 1. The second kappa shape index (κ2) is 6.39. The van der Waals surface area contributed by atoms with E-state index in [-0.39, 0.29) is 5.56 Å². The zero-order valence-corrected chi connectivity index (χ0v) is 12.8. The van der Waals surface area contributed by atoms with Crippen molar-refractivity contribution in [3.8, 4) is 5.75 Å². The molecule has 22 heavy (non-hydrogen) atoms. The average Bonchev–Trinajstić information content (AvgIpc) is 2.88. The van der Waals surface area contributed by atoms with Crippen molar-refractivity contribution in [2.45, 2.75) is 6.92 Å². The molecule has 0 atom stereocenters. The Balaban J connectivity index is 2.19. The first-order chi connectivity index (χ1) is 10.4. The predicted molar refractivity (Wildman–Crippen MR) is 78.7 cm³/mol. The van der Waals surface area contributed by atoms with Gasteiger partial charge < -0.3 is 9.52 Å². The molecule has 0 saturated heterocycles. The van der Waals surface area contributed by atoms with Crippen LogP contribution in [0.4, 0.5) is 5.69 Å². The smallest absolute Gasteiger partial charge is 0.274 e. The number of carbonyl (C=O) groups is 1. The molecule has 0 fully saturated rings. The van der Waals surface area contributed by atoms with Crippen molar-refractivity contribution in [3.05, 3.63) is 55.9 Å². The molecule has 2 aromatic rings. The number of hydrogen-bond acceptors (Lipinski definition) is 6. The van der Waals surface area contributed by atoms with E-state index in [1.807, 2.05) is 0 Å². The number of nitro benzene ring substituents is 1. The number of furan rings is 1. The average molecular weight is 367 g/mol. The van der Waals surface area contributed by atoms with Crippen LogP contribution in [0.15, 0.2) is 38.5 Å². The molecule has 9 heteroatoms. The van der Waals surface area contributed by atoms with Crippen LogP contribution in [0.5, 0.6) is 5.75 Å². The third-order valence-electron chi connectivity index (χ3n) is 2.73. The highest BCUT2D eigenvalue weighted by Gasteiger charge is 2.12. The molecule has 1 aromatic carbocycles. The Bertz CT molecular complexity index is 769. The summed E-state index contributed by atoms with van der Waals surface area (Å²) in [5.74, 6) is -0.875. The number of hydrazone groups is 1. The van der Waals surface area contributed by atoms with Crippen molar-refractivity contribution in [2.24, 2.45) is 5.10 Å². The van der Waals surface area contributed by atoms with E-state index in [1.54, 1.807) is 6.92 Å².